The highest BCUT2D eigenvalue weighted by Gasteiger charge is 2.26. The van der Waals surface area contributed by atoms with Crippen LogP contribution in [0.15, 0.2) is 0 Å². The van der Waals surface area contributed by atoms with Gasteiger partial charge in [0.15, 0.2) is 5.78 Å². The van der Waals surface area contributed by atoms with Gasteiger partial charge in [-0.3, -0.25) is 38.1 Å². The van der Waals surface area contributed by atoms with E-state index in [2.05, 4.69) is 21.3 Å². The van der Waals surface area contributed by atoms with E-state index in [0.717, 1.165) is 70.6 Å². The predicted octanol–water partition coefficient (Wildman–Crippen LogP) is 3.48. The number of carboxylic acids is 3. The van der Waals surface area contributed by atoms with Gasteiger partial charge < -0.3 is 60.6 Å². The Morgan fingerprint density at radius 1 is 0.506 bits per heavy atom. The van der Waals surface area contributed by atoms with Gasteiger partial charge in [0.25, 0.3) is 10.1 Å². The number of aliphatic hydroxyl groups is 1. The third-order valence-electron chi connectivity index (χ3n) is 12.0. The average molecular weight is 1140 g/mol. The minimum atomic E-state index is -3.86. The fourth-order valence-electron chi connectivity index (χ4n) is 7.52. The summed E-state index contributed by atoms with van der Waals surface area (Å²) >= 11 is 1.24. The second-order valence-electron chi connectivity index (χ2n) is 18.8. The van der Waals surface area contributed by atoms with Crippen molar-refractivity contribution < 1.29 is 95.5 Å². The van der Waals surface area contributed by atoms with E-state index in [0.29, 0.717) is 44.3 Å². The van der Waals surface area contributed by atoms with Gasteiger partial charge in [0.1, 0.15) is 31.1 Å². The number of thioether (sulfide) groups is 1. The SMILES string of the molecule is CC[C@@H](CSCC(=O)NCCCC[C@@H](NC(=O)COCCOCCCC(=O)COCCOCCNC(=O)CC[C@H](NC(=O)CCCCCCCCCCCCCCCS(=O)(=O)O)C(=O)O)C(=O)O)C(=O)C[C@@H](CO)C(=O)O. The normalized spacial score (nSPS) is 13.0. The minimum absolute atomic E-state index is 0.0582. The van der Waals surface area contributed by atoms with Crippen LogP contribution in [0.3, 0.4) is 0 Å². The molecule has 77 heavy (non-hydrogen) atoms. The van der Waals surface area contributed by atoms with Gasteiger partial charge in [-0.1, -0.05) is 77.6 Å². The topological polar surface area (TPSA) is 374 Å². The maximum atomic E-state index is 12.4. The van der Waals surface area contributed by atoms with Gasteiger partial charge in [-0.15, -0.1) is 0 Å². The lowest BCUT2D eigenvalue weighted by Gasteiger charge is -2.16. The van der Waals surface area contributed by atoms with Crippen LogP contribution in [-0.4, -0.2) is 188 Å². The van der Waals surface area contributed by atoms with E-state index in [1.807, 2.05) is 0 Å². The molecule has 0 aromatic rings. The van der Waals surface area contributed by atoms with Crippen molar-refractivity contribution in [2.75, 3.05) is 89.8 Å². The summed E-state index contributed by atoms with van der Waals surface area (Å²) in [6.07, 6.45) is 14.4. The Morgan fingerprint density at radius 2 is 1.04 bits per heavy atom. The molecular weight excluding hydrogens is 1050 g/mol. The molecule has 0 saturated carbocycles. The zero-order valence-corrected chi connectivity index (χ0v) is 46.8. The van der Waals surface area contributed by atoms with Crippen LogP contribution >= 0.6 is 11.8 Å². The quantitative estimate of drug-likeness (QED) is 0.0311. The molecule has 0 saturated heterocycles. The predicted molar refractivity (Wildman–Crippen MR) is 286 cm³/mol. The Kier molecular flexibility index (Phi) is 45.0. The number of hydrogen-bond acceptors (Lipinski definition) is 17. The van der Waals surface area contributed by atoms with Crippen molar-refractivity contribution in [1.29, 1.82) is 0 Å². The van der Waals surface area contributed by atoms with Crippen molar-refractivity contribution in [2.45, 2.75) is 167 Å². The van der Waals surface area contributed by atoms with Crippen molar-refractivity contribution >= 4 is 75.0 Å². The van der Waals surface area contributed by atoms with Gasteiger partial charge in [-0.05, 0) is 51.4 Å². The number of carbonyl (C=O) groups is 9. The highest BCUT2D eigenvalue weighted by molar-refractivity contribution is 7.99. The maximum Gasteiger partial charge on any atom is 0.326 e. The van der Waals surface area contributed by atoms with Gasteiger partial charge in [0.2, 0.25) is 23.6 Å². The van der Waals surface area contributed by atoms with Crippen molar-refractivity contribution in [1.82, 2.24) is 21.3 Å². The first kappa shape index (κ1) is 72.7. The molecule has 446 valence electrons. The number of Topliss-reactive ketones (excluding diaryl/α,β-unsaturated/α-hetero) is 2. The molecular formula is C51H90N4O20S2. The van der Waals surface area contributed by atoms with Crippen molar-refractivity contribution in [3.63, 3.8) is 0 Å². The van der Waals surface area contributed by atoms with Crippen LogP contribution in [0.2, 0.25) is 0 Å². The second-order valence-corrected chi connectivity index (χ2v) is 21.4. The lowest BCUT2D eigenvalue weighted by atomic mass is 9.94. The Bertz CT molecular complexity index is 1810. The number of aliphatic hydroxyl groups excluding tert-OH is 1. The first-order chi connectivity index (χ1) is 36.8. The minimum Gasteiger partial charge on any atom is -0.481 e. The highest BCUT2D eigenvalue weighted by Crippen LogP contribution is 2.18. The van der Waals surface area contributed by atoms with E-state index in [1.165, 1.54) is 11.8 Å². The Hall–Kier alpha value is -4.31. The van der Waals surface area contributed by atoms with Crippen LogP contribution in [-0.2, 0) is 72.2 Å². The number of amides is 4. The molecule has 0 aromatic carbocycles. The van der Waals surface area contributed by atoms with Crippen LogP contribution in [0.4, 0.5) is 0 Å². The fourth-order valence-corrected chi connectivity index (χ4v) is 9.20. The number of nitrogens with one attached hydrogen (secondary N) is 4. The number of ether oxygens (including phenoxy) is 4. The van der Waals surface area contributed by atoms with E-state index < -0.39 is 64.5 Å². The highest BCUT2D eigenvalue weighted by atomic mass is 32.2. The summed E-state index contributed by atoms with van der Waals surface area (Å²) in [6.45, 7) is 2.04. The van der Waals surface area contributed by atoms with E-state index in [1.54, 1.807) is 6.92 Å². The third kappa shape index (κ3) is 45.3. The number of carbonyl (C=O) groups excluding carboxylic acids is 6. The molecule has 0 spiro atoms. The number of carboxylic acid groups (broad SMARTS) is 3. The lowest BCUT2D eigenvalue weighted by Crippen LogP contribution is -2.42. The van der Waals surface area contributed by atoms with Gasteiger partial charge in [0.05, 0.1) is 57.1 Å². The number of aliphatic carboxylic acids is 3. The summed E-state index contributed by atoms with van der Waals surface area (Å²) in [5, 5.41) is 47.6. The van der Waals surface area contributed by atoms with E-state index in [-0.39, 0.29) is 145 Å². The molecule has 9 N–H and O–H groups in total. The maximum absolute atomic E-state index is 12.4. The van der Waals surface area contributed by atoms with Crippen LogP contribution in [0.1, 0.15) is 155 Å². The number of ketones is 2. The monoisotopic (exact) mass is 1140 g/mol. The summed E-state index contributed by atoms with van der Waals surface area (Å²) in [5.74, 6) is -7.11. The van der Waals surface area contributed by atoms with Gasteiger partial charge in [-0.25, -0.2) is 9.59 Å². The number of hydrogen-bond donors (Lipinski definition) is 9. The molecule has 0 rings (SSSR count). The molecule has 4 amide bonds. The summed E-state index contributed by atoms with van der Waals surface area (Å²) in [4.78, 5) is 108. The molecule has 0 fully saturated rings. The molecule has 0 heterocycles. The molecule has 0 unspecified atom stereocenters. The molecule has 0 radical (unpaired) electrons. The molecule has 26 heteroatoms. The van der Waals surface area contributed by atoms with Crippen LogP contribution < -0.4 is 21.3 Å². The van der Waals surface area contributed by atoms with Gasteiger partial charge in [-0.2, -0.15) is 20.2 Å². The zero-order valence-electron chi connectivity index (χ0n) is 45.1. The zero-order chi connectivity index (χ0) is 57.5. The van der Waals surface area contributed by atoms with Crippen molar-refractivity contribution in [3.8, 4) is 0 Å². The molecule has 24 nitrogen and oxygen atoms in total. The smallest absolute Gasteiger partial charge is 0.326 e. The first-order valence-corrected chi connectivity index (χ1v) is 29.8. The van der Waals surface area contributed by atoms with Gasteiger partial charge >= 0.3 is 17.9 Å². The molecule has 0 bridgehead atoms. The largest absolute Gasteiger partial charge is 0.481 e. The Labute approximate surface area is 458 Å². The molecule has 0 aliphatic rings. The van der Waals surface area contributed by atoms with E-state index in [9.17, 15) is 61.8 Å². The van der Waals surface area contributed by atoms with Crippen molar-refractivity contribution in [3.05, 3.63) is 0 Å². The molecule has 4 atom stereocenters. The standard InChI is InChI=1S/C51H90N4O20S2/c1-2-39(44(58)33-40(34-56)49(63)64)37-76-38-48(62)52-24-16-15-20-42(50(65)66)55-47(61)36-75-31-28-72-26-18-19-41(57)35-74-30-29-73-27-25-53-45(59)23-22-43(51(67)68)54-46(60)21-14-12-10-8-6-4-3-5-7-9-11-13-17-32-77(69,70)71/h39-40,42-43,56H,2-38H2,1H3,(H,52,62)(H,53,59)(H,54,60)(H,55,61)(H,63,64)(H,65,66)(H,67,68)(H,69,70,71)/t39-,40-,42+,43-/m0/s1. The number of unbranched alkanes of at least 4 members (excludes halogenated alkanes) is 13. The average Bonchev–Trinajstić information content (AvgIpc) is 3.37. The Morgan fingerprint density at radius 3 is 1.61 bits per heavy atom. The molecule has 0 aromatic heterocycles. The number of rotatable bonds is 55. The van der Waals surface area contributed by atoms with E-state index >= 15 is 0 Å². The van der Waals surface area contributed by atoms with E-state index in [4.69, 9.17) is 33.7 Å². The summed E-state index contributed by atoms with van der Waals surface area (Å²) < 4.78 is 51.6. The van der Waals surface area contributed by atoms with Crippen LogP contribution in [0, 0.1) is 11.8 Å². The van der Waals surface area contributed by atoms with Crippen LogP contribution in [0.5, 0.6) is 0 Å². The second kappa shape index (κ2) is 47.7. The fraction of sp³-hybridized carbons (Fsp3) is 0.824. The molecule has 0 aliphatic carbocycles. The summed E-state index contributed by atoms with van der Waals surface area (Å²) in [7, 11) is -3.86. The summed E-state index contributed by atoms with van der Waals surface area (Å²) in [6, 6.07) is -2.33. The summed E-state index contributed by atoms with van der Waals surface area (Å²) in [5.41, 5.74) is 0. The lowest BCUT2D eigenvalue weighted by molar-refractivity contribution is -0.145. The Balaban J connectivity index is 3.87. The third-order valence-corrected chi connectivity index (χ3v) is 14.0. The van der Waals surface area contributed by atoms with Crippen molar-refractivity contribution in [2.24, 2.45) is 11.8 Å². The van der Waals surface area contributed by atoms with Crippen LogP contribution in [0.25, 0.3) is 0 Å². The molecule has 0 aliphatic heterocycles. The first-order valence-electron chi connectivity index (χ1n) is 27.1. The van der Waals surface area contributed by atoms with Gasteiger partial charge in [0, 0.05) is 57.1 Å².